The van der Waals surface area contributed by atoms with Crippen LogP contribution in [-0.2, 0) is 7.05 Å². The minimum atomic E-state index is -0.0333. The van der Waals surface area contributed by atoms with Crippen molar-refractivity contribution in [3.05, 3.63) is 30.0 Å². The van der Waals surface area contributed by atoms with Gasteiger partial charge in [-0.15, -0.1) is 0 Å². The lowest BCUT2D eigenvalue weighted by atomic mass is 10.0. The van der Waals surface area contributed by atoms with E-state index in [4.69, 9.17) is 4.99 Å². The van der Waals surface area contributed by atoms with Crippen molar-refractivity contribution in [2.75, 3.05) is 0 Å². The number of rotatable bonds is 3. The number of hydrogen-bond donors (Lipinski definition) is 0. The highest BCUT2D eigenvalue weighted by Gasteiger charge is 2.12. The molecule has 19 heavy (non-hydrogen) atoms. The predicted molar refractivity (Wildman–Crippen MR) is 81.9 cm³/mol. The fourth-order valence-corrected chi connectivity index (χ4v) is 2.25. The molecule has 0 N–H and O–H groups in total. The van der Waals surface area contributed by atoms with Crippen LogP contribution in [0.1, 0.15) is 46.1 Å². The molecule has 0 aliphatic heterocycles. The molecule has 0 bridgehead atoms. The van der Waals surface area contributed by atoms with Crippen LogP contribution in [0.2, 0.25) is 0 Å². The number of aliphatic imine (C=N–C) groups is 1. The van der Waals surface area contributed by atoms with Gasteiger partial charge in [0, 0.05) is 18.1 Å². The minimum Gasteiger partial charge on any atom is -0.283 e. The molecule has 2 aromatic rings. The van der Waals surface area contributed by atoms with E-state index in [0.29, 0.717) is 0 Å². The van der Waals surface area contributed by atoms with Crippen LogP contribution in [0.5, 0.6) is 0 Å². The molecule has 3 nitrogen and oxygen atoms in total. The van der Waals surface area contributed by atoms with Crippen LogP contribution in [0.3, 0.4) is 0 Å². The lowest BCUT2D eigenvalue weighted by molar-refractivity contribution is 0.581. The fourth-order valence-electron chi connectivity index (χ4n) is 2.25. The number of fused-ring (bicyclic) bond motifs is 1. The standard InChI is InChI=1S/C16H23N3/c1-6-7-14(18-16(2,3)4)12-8-9-15-13(10-12)11-17-19(15)5/h8-11H,6-7H2,1-5H3/b18-14-. The zero-order valence-electron chi connectivity index (χ0n) is 12.6. The van der Waals surface area contributed by atoms with E-state index in [1.165, 1.54) is 16.7 Å². The summed E-state index contributed by atoms with van der Waals surface area (Å²) < 4.78 is 1.90. The third-order valence-corrected chi connectivity index (χ3v) is 3.04. The second-order valence-electron chi connectivity index (χ2n) is 6.02. The van der Waals surface area contributed by atoms with Crippen LogP contribution in [0.4, 0.5) is 0 Å². The third kappa shape index (κ3) is 3.22. The molecular formula is C16H23N3. The van der Waals surface area contributed by atoms with E-state index in [-0.39, 0.29) is 5.54 Å². The lowest BCUT2D eigenvalue weighted by Crippen LogP contribution is -2.15. The van der Waals surface area contributed by atoms with Crippen molar-refractivity contribution in [3.8, 4) is 0 Å². The maximum atomic E-state index is 4.87. The topological polar surface area (TPSA) is 30.2 Å². The Bertz CT molecular complexity index is 600. The van der Waals surface area contributed by atoms with Gasteiger partial charge in [-0.1, -0.05) is 19.4 Å². The summed E-state index contributed by atoms with van der Waals surface area (Å²) in [6.45, 7) is 8.63. The molecule has 0 radical (unpaired) electrons. The summed E-state index contributed by atoms with van der Waals surface area (Å²) in [6.07, 6.45) is 4.04. The summed E-state index contributed by atoms with van der Waals surface area (Å²) in [5.41, 5.74) is 3.54. The Morgan fingerprint density at radius 2 is 2.05 bits per heavy atom. The van der Waals surface area contributed by atoms with Crippen LogP contribution in [0.15, 0.2) is 29.4 Å². The Morgan fingerprint density at radius 1 is 1.32 bits per heavy atom. The van der Waals surface area contributed by atoms with E-state index in [0.717, 1.165) is 18.4 Å². The molecule has 0 atom stereocenters. The largest absolute Gasteiger partial charge is 0.283 e. The number of aromatic nitrogens is 2. The Morgan fingerprint density at radius 3 is 2.68 bits per heavy atom. The van der Waals surface area contributed by atoms with Gasteiger partial charge in [0.1, 0.15) is 0 Å². The minimum absolute atomic E-state index is 0.0333. The van der Waals surface area contributed by atoms with Crippen molar-refractivity contribution in [2.24, 2.45) is 12.0 Å². The smallest absolute Gasteiger partial charge is 0.0679 e. The number of aryl methyl sites for hydroxylation is 1. The first-order valence-electron chi connectivity index (χ1n) is 6.91. The molecule has 1 aromatic heterocycles. The van der Waals surface area contributed by atoms with Gasteiger partial charge in [-0.3, -0.25) is 9.67 Å². The quantitative estimate of drug-likeness (QED) is 0.765. The molecule has 2 rings (SSSR count). The Kier molecular flexibility index (Phi) is 3.74. The van der Waals surface area contributed by atoms with Crippen LogP contribution in [-0.4, -0.2) is 21.0 Å². The van der Waals surface area contributed by atoms with Gasteiger partial charge >= 0.3 is 0 Å². The van der Waals surface area contributed by atoms with E-state index in [1.54, 1.807) is 0 Å². The van der Waals surface area contributed by atoms with E-state index in [9.17, 15) is 0 Å². The first-order valence-corrected chi connectivity index (χ1v) is 6.91. The van der Waals surface area contributed by atoms with Crippen LogP contribution in [0.25, 0.3) is 10.9 Å². The zero-order valence-corrected chi connectivity index (χ0v) is 12.6. The van der Waals surface area contributed by atoms with Gasteiger partial charge in [-0.2, -0.15) is 5.10 Å². The van der Waals surface area contributed by atoms with Crippen molar-refractivity contribution in [1.82, 2.24) is 9.78 Å². The van der Waals surface area contributed by atoms with Crippen molar-refractivity contribution in [1.29, 1.82) is 0 Å². The second-order valence-corrected chi connectivity index (χ2v) is 6.02. The molecule has 102 valence electrons. The average molecular weight is 257 g/mol. The van der Waals surface area contributed by atoms with Gasteiger partial charge in [-0.25, -0.2) is 0 Å². The van der Waals surface area contributed by atoms with Gasteiger partial charge < -0.3 is 0 Å². The van der Waals surface area contributed by atoms with Gasteiger partial charge in [0.25, 0.3) is 0 Å². The molecule has 0 unspecified atom stereocenters. The molecule has 0 amide bonds. The lowest BCUT2D eigenvalue weighted by Gasteiger charge is -2.16. The summed E-state index contributed by atoms with van der Waals surface area (Å²) in [5, 5.41) is 5.47. The van der Waals surface area contributed by atoms with Crippen molar-refractivity contribution in [2.45, 2.75) is 46.1 Å². The van der Waals surface area contributed by atoms with Crippen LogP contribution >= 0.6 is 0 Å². The molecule has 0 fully saturated rings. The number of nitrogens with zero attached hydrogens (tertiary/aromatic N) is 3. The normalized spacial score (nSPS) is 13.2. The Balaban J connectivity index is 2.47. The zero-order chi connectivity index (χ0) is 14.0. The number of hydrogen-bond acceptors (Lipinski definition) is 2. The first kappa shape index (κ1) is 13.8. The predicted octanol–water partition coefficient (Wildman–Crippen LogP) is 3.96. The highest BCUT2D eigenvalue weighted by Crippen LogP contribution is 2.19. The van der Waals surface area contributed by atoms with Crippen molar-refractivity contribution < 1.29 is 0 Å². The van der Waals surface area contributed by atoms with Crippen molar-refractivity contribution >= 4 is 16.6 Å². The maximum absolute atomic E-state index is 4.87. The fraction of sp³-hybridized carbons (Fsp3) is 0.500. The second kappa shape index (κ2) is 5.16. The molecule has 3 heteroatoms. The highest BCUT2D eigenvalue weighted by molar-refractivity contribution is 6.03. The van der Waals surface area contributed by atoms with Gasteiger partial charge in [0.2, 0.25) is 0 Å². The monoisotopic (exact) mass is 257 g/mol. The molecule has 0 aliphatic carbocycles. The third-order valence-electron chi connectivity index (χ3n) is 3.04. The average Bonchev–Trinajstić information content (AvgIpc) is 2.68. The number of benzene rings is 1. The summed E-state index contributed by atoms with van der Waals surface area (Å²) in [4.78, 5) is 4.87. The molecule has 0 saturated carbocycles. The van der Waals surface area contributed by atoms with E-state index >= 15 is 0 Å². The van der Waals surface area contributed by atoms with Gasteiger partial charge in [0.15, 0.2) is 0 Å². The highest BCUT2D eigenvalue weighted by atomic mass is 15.2. The Labute approximate surface area is 115 Å². The molecule has 0 aliphatic rings. The molecular weight excluding hydrogens is 234 g/mol. The van der Waals surface area contributed by atoms with E-state index in [2.05, 4.69) is 51.0 Å². The molecule has 1 aromatic carbocycles. The van der Waals surface area contributed by atoms with Gasteiger partial charge in [-0.05, 0) is 44.9 Å². The summed E-state index contributed by atoms with van der Waals surface area (Å²) in [7, 11) is 1.97. The first-order chi connectivity index (χ1) is 8.90. The summed E-state index contributed by atoms with van der Waals surface area (Å²) >= 11 is 0. The van der Waals surface area contributed by atoms with E-state index in [1.807, 2.05) is 17.9 Å². The van der Waals surface area contributed by atoms with Crippen molar-refractivity contribution in [3.63, 3.8) is 0 Å². The van der Waals surface area contributed by atoms with E-state index < -0.39 is 0 Å². The van der Waals surface area contributed by atoms with Crippen LogP contribution < -0.4 is 0 Å². The maximum Gasteiger partial charge on any atom is 0.0679 e. The van der Waals surface area contributed by atoms with Gasteiger partial charge in [0.05, 0.1) is 17.3 Å². The summed E-state index contributed by atoms with van der Waals surface area (Å²) in [5.74, 6) is 0. The molecule has 1 heterocycles. The summed E-state index contributed by atoms with van der Waals surface area (Å²) in [6, 6.07) is 6.48. The molecule has 0 spiro atoms. The molecule has 0 saturated heterocycles. The SMILES string of the molecule is CCC/C(=N/C(C)(C)C)c1ccc2c(cnn2C)c1. The van der Waals surface area contributed by atoms with Crippen LogP contribution in [0, 0.1) is 0 Å². The Hall–Kier alpha value is -1.64.